The number of anilines is 1. The van der Waals surface area contributed by atoms with Crippen LogP contribution in [0.25, 0.3) is 15.8 Å². The van der Waals surface area contributed by atoms with Crippen molar-refractivity contribution in [1.29, 1.82) is 5.26 Å². The van der Waals surface area contributed by atoms with Crippen molar-refractivity contribution >= 4 is 32.8 Å². The summed E-state index contributed by atoms with van der Waals surface area (Å²) in [6, 6.07) is 15.4. The van der Waals surface area contributed by atoms with E-state index in [4.69, 9.17) is 0 Å². The molecule has 0 bridgehead atoms. The number of thiazole rings is 1. The Morgan fingerprint density at radius 1 is 1.07 bits per heavy atom. The fraction of sp³-hybridized carbons (Fsp3) is 0.238. The third-order valence-corrected chi connectivity index (χ3v) is 5.88. The predicted molar refractivity (Wildman–Crippen MR) is 108 cm³/mol. The van der Waals surface area contributed by atoms with Gasteiger partial charge in [0, 0.05) is 38.1 Å². The van der Waals surface area contributed by atoms with E-state index in [0.717, 1.165) is 16.3 Å². The maximum atomic E-state index is 12.9. The van der Waals surface area contributed by atoms with Crippen molar-refractivity contribution in [2.24, 2.45) is 0 Å². The van der Waals surface area contributed by atoms with Crippen molar-refractivity contribution < 1.29 is 13.2 Å². The number of nitrogens with zero attached hydrogens (tertiary/aromatic N) is 4. The van der Waals surface area contributed by atoms with Gasteiger partial charge in [0.25, 0.3) is 0 Å². The summed E-state index contributed by atoms with van der Waals surface area (Å²) in [6.07, 6.45) is -2.54. The molecule has 0 atom stereocenters. The van der Waals surface area contributed by atoms with Crippen LogP contribution in [0.15, 0.2) is 54.7 Å². The Labute approximate surface area is 170 Å². The smallest absolute Gasteiger partial charge is 0.373 e. The molecule has 0 amide bonds. The predicted octanol–water partition coefficient (Wildman–Crippen LogP) is 5.00. The van der Waals surface area contributed by atoms with Crippen LogP contribution in [-0.4, -0.2) is 36.1 Å². The zero-order chi connectivity index (χ0) is 20.4. The first-order valence-corrected chi connectivity index (χ1v) is 9.90. The van der Waals surface area contributed by atoms with Crippen molar-refractivity contribution in [3.8, 4) is 6.07 Å². The second-order valence-corrected chi connectivity index (χ2v) is 7.74. The van der Waals surface area contributed by atoms with Gasteiger partial charge >= 0.3 is 6.18 Å². The average molecular weight is 414 g/mol. The van der Waals surface area contributed by atoms with Crippen LogP contribution in [0.3, 0.4) is 0 Å². The van der Waals surface area contributed by atoms with Crippen molar-refractivity contribution in [3.05, 3.63) is 65.3 Å². The molecule has 4 rings (SSSR count). The first-order valence-electron chi connectivity index (χ1n) is 9.08. The van der Waals surface area contributed by atoms with E-state index in [1.807, 2.05) is 34.1 Å². The summed E-state index contributed by atoms with van der Waals surface area (Å²) in [5, 5.41) is 10.3. The number of hydrogen-bond acceptors (Lipinski definition) is 5. The van der Waals surface area contributed by atoms with Gasteiger partial charge < -0.3 is 9.80 Å². The molecule has 1 saturated heterocycles. The van der Waals surface area contributed by atoms with Crippen molar-refractivity contribution in [2.75, 3.05) is 31.1 Å². The van der Waals surface area contributed by atoms with E-state index in [0.29, 0.717) is 42.4 Å². The SMILES string of the molecule is N#CC(=CN1CCN(c2cccc(C(F)(F)F)c2)CC1)c1nc2ccccc2s1. The first-order chi connectivity index (χ1) is 13.9. The van der Waals surface area contributed by atoms with Gasteiger partial charge in [-0.1, -0.05) is 18.2 Å². The van der Waals surface area contributed by atoms with Crippen LogP contribution in [0.2, 0.25) is 0 Å². The maximum Gasteiger partial charge on any atom is 0.416 e. The molecular weight excluding hydrogens is 397 g/mol. The quantitative estimate of drug-likeness (QED) is 0.566. The number of para-hydroxylation sites is 1. The third kappa shape index (κ3) is 4.20. The van der Waals surface area contributed by atoms with Gasteiger partial charge in [-0.2, -0.15) is 18.4 Å². The second kappa shape index (κ2) is 7.76. The number of piperazine rings is 1. The molecule has 0 aliphatic carbocycles. The lowest BCUT2D eigenvalue weighted by Crippen LogP contribution is -2.44. The van der Waals surface area contributed by atoms with Gasteiger partial charge in [0.2, 0.25) is 0 Å². The van der Waals surface area contributed by atoms with Gasteiger partial charge in [-0.25, -0.2) is 4.98 Å². The number of fused-ring (bicyclic) bond motifs is 1. The summed E-state index contributed by atoms with van der Waals surface area (Å²) in [7, 11) is 0. The summed E-state index contributed by atoms with van der Waals surface area (Å²) in [6.45, 7) is 2.39. The number of alkyl halides is 3. The zero-order valence-electron chi connectivity index (χ0n) is 15.4. The summed E-state index contributed by atoms with van der Waals surface area (Å²) >= 11 is 1.47. The summed E-state index contributed by atoms with van der Waals surface area (Å²) in [5.74, 6) is 0. The minimum atomic E-state index is -4.35. The van der Waals surface area contributed by atoms with Gasteiger partial charge in [-0.05, 0) is 30.3 Å². The summed E-state index contributed by atoms with van der Waals surface area (Å²) in [4.78, 5) is 8.49. The highest BCUT2D eigenvalue weighted by Gasteiger charge is 2.31. The second-order valence-electron chi connectivity index (χ2n) is 6.71. The number of aromatic nitrogens is 1. The standard InChI is InChI=1S/C21H17F3N4S/c22-21(23,24)16-4-3-5-17(12-16)28-10-8-27(9-11-28)14-15(13-25)20-26-18-6-1-2-7-19(18)29-20/h1-7,12,14H,8-11H2. The number of nitriles is 1. The van der Waals surface area contributed by atoms with Gasteiger partial charge in [0.15, 0.2) is 0 Å². The number of allylic oxidation sites excluding steroid dienone is 1. The van der Waals surface area contributed by atoms with Crippen LogP contribution < -0.4 is 4.90 Å². The lowest BCUT2D eigenvalue weighted by atomic mass is 10.1. The molecule has 0 N–H and O–H groups in total. The third-order valence-electron chi connectivity index (χ3n) is 4.81. The fourth-order valence-electron chi connectivity index (χ4n) is 3.29. The Morgan fingerprint density at radius 3 is 2.52 bits per heavy atom. The van der Waals surface area contributed by atoms with Gasteiger partial charge in [0.1, 0.15) is 16.6 Å². The molecule has 148 valence electrons. The van der Waals surface area contributed by atoms with E-state index in [-0.39, 0.29) is 0 Å². The zero-order valence-corrected chi connectivity index (χ0v) is 16.2. The minimum Gasteiger partial charge on any atom is -0.373 e. The van der Waals surface area contributed by atoms with Gasteiger partial charge in [0.05, 0.1) is 15.8 Å². The molecule has 2 heterocycles. The topological polar surface area (TPSA) is 43.2 Å². The number of hydrogen-bond donors (Lipinski definition) is 0. The Hall–Kier alpha value is -3.05. The molecule has 0 unspecified atom stereocenters. The molecule has 29 heavy (non-hydrogen) atoms. The van der Waals surface area contributed by atoms with Crippen molar-refractivity contribution in [3.63, 3.8) is 0 Å². The lowest BCUT2D eigenvalue weighted by molar-refractivity contribution is -0.137. The molecule has 0 saturated carbocycles. The largest absolute Gasteiger partial charge is 0.416 e. The highest BCUT2D eigenvalue weighted by Crippen LogP contribution is 2.32. The maximum absolute atomic E-state index is 12.9. The Kier molecular flexibility index (Phi) is 5.16. The molecule has 0 spiro atoms. The van der Waals surface area contributed by atoms with Gasteiger partial charge in [-0.3, -0.25) is 0 Å². The summed E-state index contributed by atoms with van der Waals surface area (Å²) in [5.41, 5.74) is 1.29. The van der Waals surface area contributed by atoms with E-state index in [2.05, 4.69) is 11.1 Å². The number of halogens is 3. The van der Waals surface area contributed by atoms with Crippen LogP contribution >= 0.6 is 11.3 Å². The Morgan fingerprint density at radius 2 is 1.83 bits per heavy atom. The minimum absolute atomic E-state index is 0.499. The molecule has 8 heteroatoms. The highest BCUT2D eigenvalue weighted by atomic mass is 32.1. The van der Waals surface area contributed by atoms with Crippen LogP contribution in [-0.2, 0) is 6.18 Å². The average Bonchev–Trinajstić information content (AvgIpc) is 3.16. The van der Waals surface area contributed by atoms with E-state index >= 15 is 0 Å². The summed E-state index contributed by atoms with van der Waals surface area (Å²) < 4.78 is 39.9. The molecule has 1 fully saturated rings. The number of benzene rings is 2. The van der Waals surface area contributed by atoms with E-state index < -0.39 is 11.7 Å². The molecule has 1 aliphatic heterocycles. The Balaban J connectivity index is 1.47. The molecule has 0 radical (unpaired) electrons. The van der Waals surface area contributed by atoms with Crippen molar-refractivity contribution in [1.82, 2.24) is 9.88 Å². The van der Waals surface area contributed by atoms with Crippen LogP contribution in [0.1, 0.15) is 10.6 Å². The van der Waals surface area contributed by atoms with E-state index in [1.54, 1.807) is 12.3 Å². The van der Waals surface area contributed by atoms with Crippen LogP contribution in [0.4, 0.5) is 18.9 Å². The van der Waals surface area contributed by atoms with E-state index in [1.165, 1.54) is 23.5 Å². The molecule has 1 aliphatic rings. The molecule has 3 aromatic rings. The highest BCUT2D eigenvalue weighted by molar-refractivity contribution is 7.19. The molecular formula is C21H17F3N4S. The fourth-order valence-corrected chi connectivity index (χ4v) is 4.22. The molecule has 2 aromatic carbocycles. The Bertz CT molecular complexity index is 1060. The van der Waals surface area contributed by atoms with E-state index in [9.17, 15) is 18.4 Å². The number of rotatable bonds is 3. The normalized spacial score (nSPS) is 15.6. The molecule has 4 nitrogen and oxygen atoms in total. The van der Waals surface area contributed by atoms with Crippen LogP contribution in [0, 0.1) is 11.3 Å². The first kappa shape index (κ1) is 19.3. The van der Waals surface area contributed by atoms with Gasteiger partial charge in [-0.15, -0.1) is 11.3 Å². The lowest BCUT2D eigenvalue weighted by Gasteiger charge is -2.35. The van der Waals surface area contributed by atoms with Crippen LogP contribution in [0.5, 0.6) is 0 Å². The molecule has 1 aromatic heterocycles. The van der Waals surface area contributed by atoms with Crippen molar-refractivity contribution in [2.45, 2.75) is 6.18 Å². The monoisotopic (exact) mass is 414 g/mol.